The molecular formula is C26H22BrFN2O3. The number of halogens is 2. The lowest BCUT2D eigenvalue weighted by molar-refractivity contribution is -0.120. The molecule has 1 N–H and O–H groups in total. The van der Waals surface area contributed by atoms with Crippen molar-refractivity contribution in [3.8, 4) is 11.1 Å². The molecule has 1 aliphatic heterocycles. The number of fused-ring (bicyclic) bond motifs is 3. The van der Waals surface area contributed by atoms with Gasteiger partial charge in [-0.05, 0) is 53.3 Å². The highest BCUT2D eigenvalue weighted by atomic mass is 79.9. The van der Waals surface area contributed by atoms with Crippen molar-refractivity contribution < 1.29 is 18.7 Å². The second-order valence-corrected chi connectivity index (χ2v) is 9.18. The van der Waals surface area contributed by atoms with Gasteiger partial charge < -0.3 is 10.1 Å². The van der Waals surface area contributed by atoms with Crippen molar-refractivity contribution in [2.45, 2.75) is 24.8 Å². The number of amides is 2. The fourth-order valence-electron chi connectivity index (χ4n) is 4.74. The topological polar surface area (TPSA) is 58.6 Å². The molecule has 1 heterocycles. The Labute approximate surface area is 199 Å². The van der Waals surface area contributed by atoms with Crippen LogP contribution in [0, 0.1) is 5.82 Å². The minimum atomic E-state index is -0.691. The van der Waals surface area contributed by atoms with Crippen LogP contribution < -0.4 is 5.32 Å². The summed E-state index contributed by atoms with van der Waals surface area (Å²) in [4.78, 5) is 27.2. The molecule has 5 nitrogen and oxygen atoms in total. The number of hydrogen-bond acceptors (Lipinski definition) is 3. The number of anilines is 1. The van der Waals surface area contributed by atoms with Gasteiger partial charge in [0.2, 0.25) is 5.91 Å². The first kappa shape index (κ1) is 21.6. The van der Waals surface area contributed by atoms with Crippen LogP contribution in [0.5, 0.6) is 0 Å². The van der Waals surface area contributed by atoms with E-state index in [9.17, 15) is 14.0 Å². The SMILES string of the molecule is O=C(Nc1ccc(Br)cc1F)[C@H]1CCCN1C(=O)OCC1c2ccccc2-c2ccccc21. The zero-order valence-corrected chi connectivity index (χ0v) is 19.3. The van der Waals surface area contributed by atoms with Crippen molar-refractivity contribution >= 4 is 33.6 Å². The molecule has 0 radical (unpaired) electrons. The summed E-state index contributed by atoms with van der Waals surface area (Å²) in [5.74, 6) is -1.00. The van der Waals surface area contributed by atoms with Crippen molar-refractivity contribution in [2.24, 2.45) is 0 Å². The number of nitrogens with zero attached hydrogens (tertiary/aromatic N) is 1. The van der Waals surface area contributed by atoms with Crippen LogP contribution in [-0.4, -0.2) is 36.1 Å². The number of hydrogen-bond donors (Lipinski definition) is 1. The van der Waals surface area contributed by atoms with E-state index in [2.05, 4.69) is 45.5 Å². The van der Waals surface area contributed by atoms with E-state index < -0.39 is 23.9 Å². The Morgan fingerprint density at radius 1 is 1.03 bits per heavy atom. The summed E-state index contributed by atoms with van der Waals surface area (Å²) in [5.41, 5.74) is 4.66. The van der Waals surface area contributed by atoms with E-state index in [1.54, 1.807) is 6.07 Å². The molecule has 5 rings (SSSR count). The van der Waals surface area contributed by atoms with Gasteiger partial charge in [0, 0.05) is 16.9 Å². The molecule has 1 atom stereocenters. The van der Waals surface area contributed by atoms with E-state index in [0.717, 1.165) is 22.3 Å². The lowest BCUT2D eigenvalue weighted by atomic mass is 9.98. The molecule has 1 aliphatic carbocycles. The van der Waals surface area contributed by atoms with Gasteiger partial charge >= 0.3 is 6.09 Å². The van der Waals surface area contributed by atoms with E-state index >= 15 is 0 Å². The monoisotopic (exact) mass is 508 g/mol. The van der Waals surface area contributed by atoms with Gasteiger partial charge in [0.05, 0.1) is 5.69 Å². The first-order valence-electron chi connectivity index (χ1n) is 10.9. The van der Waals surface area contributed by atoms with Crippen LogP contribution in [0.4, 0.5) is 14.9 Å². The predicted molar refractivity (Wildman–Crippen MR) is 128 cm³/mol. The number of likely N-dealkylation sites (tertiary alicyclic amines) is 1. The smallest absolute Gasteiger partial charge is 0.410 e. The molecule has 1 fully saturated rings. The van der Waals surface area contributed by atoms with Gasteiger partial charge in [-0.25, -0.2) is 9.18 Å². The number of rotatable bonds is 4. The van der Waals surface area contributed by atoms with E-state index in [4.69, 9.17) is 4.74 Å². The molecular weight excluding hydrogens is 487 g/mol. The standard InChI is InChI=1S/C26H22BrFN2O3/c27-16-11-12-23(22(28)14-16)29-25(31)24-10-5-13-30(24)26(32)33-15-21-19-8-3-1-6-17(19)18-7-2-4-9-20(18)21/h1-4,6-9,11-12,14,21,24H,5,10,13,15H2,(H,29,31)/t24-/m1/s1. The summed E-state index contributed by atoms with van der Waals surface area (Å²) < 4.78 is 20.4. The maximum Gasteiger partial charge on any atom is 0.410 e. The number of nitrogens with one attached hydrogen (secondary N) is 1. The Balaban J connectivity index is 1.27. The molecule has 3 aromatic rings. The number of carbonyl (C=O) groups excluding carboxylic acids is 2. The Hall–Kier alpha value is -3.19. The third-order valence-electron chi connectivity index (χ3n) is 6.32. The molecule has 1 saturated heterocycles. The highest BCUT2D eigenvalue weighted by Gasteiger charge is 2.36. The molecule has 2 amide bonds. The molecule has 168 valence electrons. The molecule has 0 unspecified atom stereocenters. The lowest BCUT2D eigenvalue weighted by Crippen LogP contribution is -2.43. The molecule has 2 aliphatic rings. The minimum Gasteiger partial charge on any atom is -0.448 e. The first-order chi connectivity index (χ1) is 16.0. The van der Waals surface area contributed by atoms with Crippen LogP contribution >= 0.6 is 15.9 Å². The van der Waals surface area contributed by atoms with Crippen LogP contribution in [0.2, 0.25) is 0 Å². The van der Waals surface area contributed by atoms with E-state index in [1.807, 2.05) is 24.3 Å². The average Bonchev–Trinajstić information content (AvgIpc) is 3.43. The first-order valence-corrected chi connectivity index (χ1v) is 11.7. The van der Waals surface area contributed by atoms with E-state index in [0.29, 0.717) is 23.9 Å². The molecule has 33 heavy (non-hydrogen) atoms. The Bertz CT molecular complexity index is 1190. The highest BCUT2D eigenvalue weighted by molar-refractivity contribution is 9.10. The maximum absolute atomic E-state index is 14.1. The Morgan fingerprint density at radius 3 is 2.36 bits per heavy atom. The van der Waals surface area contributed by atoms with Crippen LogP contribution in [0.3, 0.4) is 0 Å². The number of carbonyl (C=O) groups is 2. The molecule has 3 aromatic carbocycles. The van der Waals surface area contributed by atoms with Crippen LogP contribution in [0.25, 0.3) is 11.1 Å². The summed E-state index contributed by atoms with van der Waals surface area (Å²) in [5, 5.41) is 2.60. The van der Waals surface area contributed by atoms with Crippen molar-refractivity contribution in [1.29, 1.82) is 0 Å². The van der Waals surface area contributed by atoms with Crippen molar-refractivity contribution in [2.75, 3.05) is 18.5 Å². The largest absolute Gasteiger partial charge is 0.448 e. The Morgan fingerprint density at radius 2 is 1.70 bits per heavy atom. The van der Waals surface area contributed by atoms with Crippen LogP contribution in [0.15, 0.2) is 71.2 Å². The third-order valence-corrected chi connectivity index (χ3v) is 6.81. The van der Waals surface area contributed by atoms with Crippen molar-refractivity contribution in [3.63, 3.8) is 0 Å². The summed E-state index contributed by atoms with van der Waals surface area (Å²) in [7, 11) is 0. The summed E-state index contributed by atoms with van der Waals surface area (Å²) in [6, 6.07) is 20.0. The summed E-state index contributed by atoms with van der Waals surface area (Å²) in [6.07, 6.45) is 0.671. The predicted octanol–water partition coefficient (Wildman–Crippen LogP) is 5.94. The van der Waals surface area contributed by atoms with E-state index in [-0.39, 0.29) is 18.2 Å². The summed E-state index contributed by atoms with van der Waals surface area (Å²) >= 11 is 3.20. The van der Waals surface area contributed by atoms with Gasteiger partial charge in [-0.15, -0.1) is 0 Å². The van der Waals surface area contributed by atoms with Crippen LogP contribution in [-0.2, 0) is 9.53 Å². The highest BCUT2D eigenvalue weighted by Crippen LogP contribution is 2.44. The van der Waals surface area contributed by atoms with Gasteiger partial charge in [0.15, 0.2) is 0 Å². The summed E-state index contributed by atoms with van der Waals surface area (Å²) in [6.45, 7) is 0.622. The van der Waals surface area contributed by atoms with Gasteiger partial charge in [-0.2, -0.15) is 0 Å². The molecule has 0 spiro atoms. The molecule has 0 saturated carbocycles. The number of benzene rings is 3. The maximum atomic E-state index is 14.1. The lowest BCUT2D eigenvalue weighted by Gasteiger charge is -2.24. The van der Waals surface area contributed by atoms with Gasteiger partial charge in [-0.3, -0.25) is 9.69 Å². The fraction of sp³-hybridized carbons (Fsp3) is 0.231. The van der Waals surface area contributed by atoms with Crippen LogP contribution in [0.1, 0.15) is 29.9 Å². The number of ether oxygens (including phenoxy) is 1. The Kier molecular flexibility index (Phi) is 5.89. The van der Waals surface area contributed by atoms with Gasteiger partial charge in [-0.1, -0.05) is 64.5 Å². The fourth-order valence-corrected chi connectivity index (χ4v) is 5.07. The quantitative estimate of drug-likeness (QED) is 0.474. The minimum absolute atomic E-state index is 0.0481. The van der Waals surface area contributed by atoms with E-state index in [1.165, 1.54) is 17.0 Å². The molecule has 0 bridgehead atoms. The third kappa shape index (κ3) is 4.13. The van der Waals surface area contributed by atoms with Gasteiger partial charge in [0.1, 0.15) is 18.5 Å². The normalized spacial score (nSPS) is 16.9. The van der Waals surface area contributed by atoms with Crippen molar-refractivity contribution in [1.82, 2.24) is 4.90 Å². The van der Waals surface area contributed by atoms with Crippen molar-refractivity contribution in [3.05, 3.63) is 88.1 Å². The van der Waals surface area contributed by atoms with Gasteiger partial charge in [0.25, 0.3) is 0 Å². The second kappa shape index (κ2) is 8.98. The average molecular weight is 509 g/mol. The zero-order chi connectivity index (χ0) is 22.9. The zero-order valence-electron chi connectivity index (χ0n) is 17.8. The second-order valence-electron chi connectivity index (χ2n) is 8.27. The molecule has 7 heteroatoms. The molecule has 0 aromatic heterocycles.